The Morgan fingerprint density at radius 1 is 1.32 bits per heavy atom. The summed E-state index contributed by atoms with van der Waals surface area (Å²) in [5.41, 5.74) is 0. The molecule has 0 aliphatic heterocycles. The summed E-state index contributed by atoms with van der Waals surface area (Å²) in [6.07, 6.45) is 6.47. The summed E-state index contributed by atoms with van der Waals surface area (Å²) in [4.78, 5) is 0. The molecule has 1 aliphatic carbocycles. The number of hydrogen-bond donors (Lipinski definition) is 2. The van der Waals surface area contributed by atoms with E-state index in [2.05, 4.69) is 34.7 Å². The smallest absolute Gasteiger partial charge is 0.315 e. The molecule has 0 aromatic carbocycles. The van der Waals surface area contributed by atoms with Crippen molar-refractivity contribution in [3.8, 4) is 0 Å². The number of nitrogens with one attached hydrogen (secondary N) is 2. The van der Waals surface area contributed by atoms with E-state index in [1.54, 1.807) is 0 Å². The van der Waals surface area contributed by atoms with E-state index in [1.165, 1.54) is 25.7 Å². The molecule has 1 aromatic rings. The normalized spacial score (nSPS) is 23.5. The van der Waals surface area contributed by atoms with Gasteiger partial charge in [-0.05, 0) is 37.6 Å². The van der Waals surface area contributed by atoms with E-state index in [-0.39, 0.29) is 0 Å². The molecule has 0 radical (unpaired) electrons. The summed E-state index contributed by atoms with van der Waals surface area (Å²) in [7, 11) is 0. The highest BCUT2D eigenvalue weighted by atomic mass is 16.4. The van der Waals surface area contributed by atoms with Crippen LogP contribution in [0.3, 0.4) is 0 Å². The predicted molar refractivity (Wildman–Crippen MR) is 75.9 cm³/mol. The topological polar surface area (TPSA) is 63.0 Å². The number of aromatic nitrogens is 2. The van der Waals surface area contributed by atoms with Crippen LogP contribution in [0.1, 0.15) is 51.8 Å². The predicted octanol–water partition coefficient (Wildman–Crippen LogP) is 2.81. The van der Waals surface area contributed by atoms with Gasteiger partial charge < -0.3 is 15.1 Å². The van der Waals surface area contributed by atoms with Gasteiger partial charge in [-0.25, -0.2) is 0 Å². The van der Waals surface area contributed by atoms with E-state index >= 15 is 0 Å². The molecule has 2 N–H and O–H groups in total. The molecule has 1 heterocycles. The van der Waals surface area contributed by atoms with Crippen LogP contribution < -0.4 is 10.6 Å². The van der Waals surface area contributed by atoms with E-state index in [4.69, 9.17) is 4.42 Å². The quantitative estimate of drug-likeness (QED) is 0.743. The average Bonchev–Trinajstić information content (AvgIpc) is 2.85. The number of nitrogens with zero attached hydrogens (tertiary/aromatic N) is 2. The van der Waals surface area contributed by atoms with Crippen molar-refractivity contribution in [2.45, 2.75) is 52.5 Å². The molecule has 108 valence electrons. The largest absolute Gasteiger partial charge is 0.407 e. The molecule has 2 atom stereocenters. The molecule has 5 nitrogen and oxygen atoms in total. The van der Waals surface area contributed by atoms with Gasteiger partial charge in [0, 0.05) is 6.54 Å². The summed E-state index contributed by atoms with van der Waals surface area (Å²) in [5.74, 6) is 2.27. The van der Waals surface area contributed by atoms with Crippen molar-refractivity contribution in [2.75, 3.05) is 18.4 Å². The van der Waals surface area contributed by atoms with E-state index in [0.29, 0.717) is 18.5 Å². The number of hydrogen-bond acceptors (Lipinski definition) is 5. The Morgan fingerprint density at radius 3 is 3.00 bits per heavy atom. The van der Waals surface area contributed by atoms with Gasteiger partial charge in [-0.2, -0.15) is 0 Å². The van der Waals surface area contributed by atoms with Gasteiger partial charge in [0.15, 0.2) is 0 Å². The van der Waals surface area contributed by atoms with Crippen LogP contribution in [0.25, 0.3) is 0 Å². The van der Waals surface area contributed by atoms with Gasteiger partial charge in [0.25, 0.3) is 0 Å². The fourth-order valence-electron chi connectivity index (χ4n) is 2.75. The summed E-state index contributed by atoms with van der Waals surface area (Å²) < 4.78 is 5.55. The SMILES string of the molecule is CCCNCc1nnc(NCC2CCCC(C)C2)o1. The molecule has 0 bridgehead atoms. The van der Waals surface area contributed by atoms with Crippen LogP contribution in [0.4, 0.5) is 6.01 Å². The van der Waals surface area contributed by atoms with Gasteiger partial charge in [0.05, 0.1) is 6.54 Å². The zero-order chi connectivity index (χ0) is 13.5. The van der Waals surface area contributed by atoms with Gasteiger partial charge in [0.2, 0.25) is 5.89 Å². The maximum absolute atomic E-state index is 5.55. The van der Waals surface area contributed by atoms with Crippen molar-refractivity contribution in [3.63, 3.8) is 0 Å². The molecule has 1 fully saturated rings. The lowest BCUT2D eigenvalue weighted by atomic mass is 9.82. The maximum atomic E-state index is 5.55. The first-order valence-electron chi connectivity index (χ1n) is 7.55. The minimum atomic E-state index is 0.562. The maximum Gasteiger partial charge on any atom is 0.315 e. The monoisotopic (exact) mass is 266 g/mol. The van der Waals surface area contributed by atoms with Crippen molar-refractivity contribution in [1.29, 1.82) is 0 Å². The lowest BCUT2D eigenvalue weighted by Gasteiger charge is -2.26. The molecular weight excluding hydrogens is 240 g/mol. The standard InChI is InChI=1S/C14H26N4O/c1-3-7-15-10-13-17-18-14(19-13)16-9-12-6-4-5-11(2)8-12/h11-12,15H,3-10H2,1-2H3,(H,16,18). The van der Waals surface area contributed by atoms with Crippen LogP contribution >= 0.6 is 0 Å². The van der Waals surface area contributed by atoms with Crippen LogP contribution in [0.2, 0.25) is 0 Å². The van der Waals surface area contributed by atoms with Gasteiger partial charge in [-0.15, -0.1) is 5.10 Å². The molecule has 2 rings (SSSR count). The Balaban J connectivity index is 1.70. The molecule has 1 saturated carbocycles. The first-order chi connectivity index (χ1) is 9.28. The fraction of sp³-hybridized carbons (Fsp3) is 0.857. The van der Waals surface area contributed by atoms with Crippen LogP contribution in [0, 0.1) is 11.8 Å². The van der Waals surface area contributed by atoms with Crippen LogP contribution in [0.5, 0.6) is 0 Å². The Labute approximate surface area is 115 Å². The van der Waals surface area contributed by atoms with Crippen molar-refractivity contribution < 1.29 is 4.42 Å². The molecule has 0 saturated heterocycles. The van der Waals surface area contributed by atoms with Crippen molar-refractivity contribution >= 4 is 6.01 Å². The molecule has 0 spiro atoms. The second kappa shape index (κ2) is 7.48. The Kier molecular flexibility index (Phi) is 5.63. The van der Waals surface area contributed by atoms with E-state index in [0.717, 1.165) is 31.3 Å². The van der Waals surface area contributed by atoms with Crippen molar-refractivity contribution in [2.24, 2.45) is 11.8 Å². The molecule has 0 amide bonds. The molecular formula is C14H26N4O. The highest BCUT2D eigenvalue weighted by Crippen LogP contribution is 2.28. The number of rotatable bonds is 7. The van der Waals surface area contributed by atoms with Crippen molar-refractivity contribution in [1.82, 2.24) is 15.5 Å². The van der Waals surface area contributed by atoms with Crippen LogP contribution in [-0.4, -0.2) is 23.3 Å². The fourth-order valence-corrected chi connectivity index (χ4v) is 2.75. The molecule has 19 heavy (non-hydrogen) atoms. The van der Waals surface area contributed by atoms with Gasteiger partial charge >= 0.3 is 6.01 Å². The van der Waals surface area contributed by atoms with E-state index < -0.39 is 0 Å². The summed E-state index contributed by atoms with van der Waals surface area (Å²) in [5, 5.41) is 14.6. The molecule has 1 aliphatic rings. The summed E-state index contributed by atoms with van der Waals surface area (Å²) in [6.45, 7) is 7.07. The molecule has 1 aromatic heterocycles. The Bertz CT molecular complexity index is 366. The highest BCUT2D eigenvalue weighted by molar-refractivity contribution is 5.16. The van der Waals surface area contributed by atoms with E-state index in [1.807, 2.05) is 0 Å². The number of anilines is 1. The van der Waals surface area contributed by atoms with Crippen LogP contribution in [-0.2, 0) is 6.54 Å². The first kappa shape index (κ1) is 14.3. The minimum absolute atomic E-state index is 0.562. The second-order valence-electron chi connectivity index (χ2n) is 5.70. The molecule has 5 heteroatoms. The summed E-state index contributed by atoms with van der Waals surface area (Å²) >= 11 is 0. The Hall–Kier alpha value is -1.10. The zero-order valence-corrected chi connectivity index (χ0v) is 12.1. The van der Waals surface area contributed by atoms with Crippen molar-refractivity contribution in [3.05, 3.63) is 5.89 Å². The third-order valence-electron chi connectivity index (χ3n) is 3.76. The summed E-state index contributed by atoms with van der Waals surface area (Å²) in [6, 6.07) is 0.562. The Morgan fingerprint density at radius 2 is 2.21 bits per heavy atom. The highest BCUT2D eigenvalue weighted by Gasteiger charge is 2.19. The third-order valence-corrected chi connectivity index (χ3v) is 3.76. The lowest BCUT2D eigenvalue weighted by molar-refractivity contribution is 0.292. The van der Waals surface area contributed by atoms with E-state index in [9.17, 15) is 0 Å². The minimum Gasteiger partial charge on any atom is -0.407 e. The first-order valence-corrected chi connectivity index (χ1v) is 7.55. The van der Waals surface area contributed by atoms with Gasteiger partial charge in [-0.1, -0.05) is 31.8 Å². The van der Waals surface area contributed by atoms with Crippen LogP contribution in [0.15, 0.2) is 4.42 Å². The third kappa shape index (κ3) is 4.82. The second-order valence-corrected chi connectivity index (χ2v) is 5.70. The zero-order valence-electron chi connectivity index (χ0n) is 12.1. The average molecular weight is 266 g/mol. The molecule has 2 unspecified atom stereocenters. The lowest BCUT2D eigenvalue weighted by Crippen LogP contribution is -2.21. The van der Waals surface area contributed by atoms with Gasteiger partial charge in [0.1, 0.15) is 0 Å². The van der Waals surface area contributed by atoms with Gasteiger partial charge in [-0.3, -0.25) is 0 Å².